The minimum absolute atomic E-state index is 0.155. The Hall–Kier alpha value is -1.50. The largest absolute Gasteiger partial charge is 0.480 e. The smallest absolute Gasteiger partial charge is 0.326 e. The monoisotopic (exact) mass is 335 g/mol. The molecular formula is C12H12BrF2NO3. The molecule has 0 fully saturated rings. The molecule has 1 aromatic carbocycles. The van der Waals surface area contributed by atoms with Crippen LogP contribution in [0.4, 0.5) is 8.78 Å². The molecule has 0 saturated carbocycles. The van der Waals surface area contributed by atoms with Gasteiger partial charge in [-0.05, 0) is 18.6 Å². The summed E-state index contributed by atoms with van der Waals surface area (Å²) in [6, 6.07) is 0.709. The molecule has 1 atom stereocenters. The highest BCUT2D eigenvalue weighted by Crippen LogP contribution is 2.19. The summed E-state index contributed by atoms with van der Waals surface area (Å²) < 4.78 is 27.2. The third-order valence-corrected chi connectivity index (χ3v) is 2.87. The lowest BCUT2D eigenvalue weighted by atomic mass is 10.1. The molecule has 2 N–H and O–H groups in total. The first kappa shape index (κ1) is 15.6. The van der Waals surface area contributed by atoms with Gasteiger partial charge in [0.1, 0.15) is 23.2 Å². The first-order chi connectivity index (χ1) is 8.86. The number of halogens is 3. The predicted octanol–water partition coefficient (Wildman–Crippen LogP) is 2.71. The van der Waals surface area contributed by atoms with Crippen molar-refractivity contribution in [2.75, 3.05) is 0 Å². The van der Waals surface area contributed by atoms with Crippen molar-refractivity contribution in [1.82, 2.24) is 5.32 Å². The van der Waals surface area contributed by atoms with Gasteiger partial charge in [0, 0.05) is 4.47 Å². The number of carboxylic acid groups (broad SMARTS) is 1. The third-order valence-electron chi connectivity index (χ3n) is 2.41. The van der Waals surface area contributed by atoms with Crippen LogP contribution in [0, 0.1) is 11.6 Å². The lowest BCUT2D eigenvalue weighted by molar-refractivity contribution is -0.139. The molecule has 7 heteroatoms. The van der Waals surface area contributed by atoms with E-state index in [-0.39, 0.29) is 10.9 Å². The van der Waals surface area contributed by atoms with Gasteiger partial charge < -0.3 is 10.4 Å². The van der Waals surface area contributed by atoms with Gasteiger partial charge in [-0.3, -0.25) is 4.79 Å². The van der Waals surface area contributed by atoms with Gasteiger partial charge in [-0.25, -0.2) is 13.6 Å². The molecule has 0 aliphatic rings. The van der Waals surface area contributed by atoms with E-state index in [1.54, 1.807) is 6.92 Å². The van der Waals surface area contributed by atoms with Gasteiger partial charge in [0.25, 0.3) is 5.91 Å². The van der Waals surface area contributed by atoms with Gasteiger partial charge in [0.05, 0.1) is 0 Å². The Morgan fingerprint density at radius 3 is 2.32 bits per heavy atom. The molecular weight excluding hydrogens is 324 g/mol. The number of hydrogen-bond donors (Lipinski definition) is 2. The first-order valence-electron chi connectivity index (χ1n) is 5.55. The predicted molar refractivity (Wildman–Crippen MR) is 67.9 cm³/mol. The van der Waals surface area contributed by atoms with E-state index in [0.29, 0.717) is 6.42 Å². The Labute approximate surface area is 116 Å². The van der Waals surface area contributed by atoms with Crippen LogP contribution in [0.3, 0.4) is 0 Å². The molecule has 0 spiro atoms. The topological polar surface area (TPSA) is 66.4 Å². The zero-order valence-corrected chi connectivity index (χ0v) is 11.6. The molecule has 0 radical (unpaired) electrons. The minimum atomic E-state index is -1.24. The second-order valence-corrected chi connectivity index (χ2v) is 4.81. The Morgan fingerprint density at radius 1 is 1.37 bits per heavy atom. The molecule has 1 aromatic rings. The summed E-state index contributed by atoms with van der Waals surface area (Å²) in [5, 5.41) is 11.0. The fraction of sp³-hybridized carbons (Fsp3) is 0.333. The summed E-state index contributed by atoms with van der Waals surface area (Å²) in [5.74, 6) is -4.42. The number of hydrogen-bond acceptors (Lipinski definition) is 2. The summed E-state index contributed by atoms with van der Waals surface area (Å²) in [7, 11) is 0. The minimum Gasteiger partial charge on any atom is -0.480 e. The zero-order valence-electron chi connectivity index (χ0n) is 10.0. The summed E-state index contributed by atoms with van der Waals surface area (Å²) in [6.07, 6.45) is 0.698. The number of amides is 1. The molecule has 1 rings (SSSR count). The van der Waals surface area contributed by atoms with E-state index in [9.17, 15) is 18.4 Å². The van der Waals surface area contributed by atoms with Crippen molar-refractivity contribution < 1.29 is 23.5 Å². The Morgan fingerprint density at radius 2 is 1.89 bits per heavy atom. The fourth-order valence-electron chi connectivity index (χ4n) is 1.54. The van der Waals surface area contributed by atoms with E-state index in [4.69, 9.17) is 5.11 Å². The second kappa shape index (κ2) is 6.60. The van der Waals surface area contributed by atoms with Crippen molar-refractivity contribution in [3.63, 3.8) is 0 Å². The SMILES string of the molecule is CCC[C@H](NC(=O)c1c(F)cc(Br)cc1F)C(=O)O. The van der Waals surface area contributed by atoms with Crippen molar-refractivity contribution >= 4 is 27.8 Å². The highest BCUT2D eigenvalue weighted by molar-refractivity contribution is 9.10. The van der Waals surface area contributed by atoms with E-state index in [1.807, 2.05) is 0 Å². The van der Waals surface area contributed by atoms with Crippen molar-refractivity contribution in [3.05, 3.63) is 33.8 Å². The Bertz CT molecular complexity index is 485. The number of carbonyl (C=O) groups is 2. The molecule has 0 unspecified atom stereocenters. The van der Waals surface area contributed by atoms with Crippen LogP contribution in [-0.4, -0.2) is 23.0 Å². The molecule has 104 valence electrons. The number of carbonyl (C=O) groups excluding carboxylic acids is 1. The summed E-state index contributed by atoms with van der Waals surface area (Å²) >= 11 is 2.89. The molecule has 1 amide bonds. The van der Waals surface area contributed by atoms with Gasteiger partial charge in [-0.2, -0.15) is 0 Å². The number of carboxylic acids is 1. The highest BCUT2D eigenvalue weighted by atomic mass is 79.9. The van der Waals surface area contributed by atoms with E-state index in [0.717, 1.165) is 12.1 Å². The van der Waals surface area contributed by atoms with Crippen molar-refractivity contribution in [2.24, 2.45) is 0 Å². The Balaban J connectivity index is 2.98. The maximum absolute atomic E-state index is 13.5. The second-order valence-electron chi connectivity index (χ2n) is 3.90. The molecule has 0 bridgehead atoms. The summed E-state index contributed by atoms with van der Waals surface area (Å²) in [4.78, 5) is 22.6. The molecule has 0 aliphatic carbocycles. The summed E-state index contributed by atoms with van der Waals surface area (Å²) in [5.41, 5.74) is -0.787. The van der Waals surface area contributed by atoms with Crippen LogP contribution in [0.15, 0.2) is 16.6 Å². The van der Waals surface area contributed by atoms with Gasteiger partial charge in [0.15, 0.2) is 0 Å². The van der Waals surface area contributed by atoms with Gasteiger partial charge in [-0.1, -0.05) is 29.3 Å². The van der Waals surface area contributed by atoms with Crippen molar-refractivity contribution in [1.29, 1.82) is 0 Å². The molecule has 0 saturated heterocycles. The van der Waals surface area contributed by atoms with Crippen LogP contribution < -0.4 is 5.32 Å². The van der Waals surface area contributed by atoms with Crippen LogP contribution in [0.25, 0.3) is 0 Å². The standard InChI is InChI=1S/C12H12BrF2NO3/c1-2-3-9(12(18)19)16-11(17)10-7(14)4-6(13)5-8(10)15/h4-5,9H,2-3H2,1H3,(H,16,17)(H,18,19)/t9-/m0/s1. The lowest BCUT2D eigenvalue weighted by Gasteiger charge is -2.14. The number of nitrogens with one attached hydrogen (secondary N) is 1. The highest BCUT2D eigenvalue weighted by Gasteiger charge is 2.24. The van der Waals surface area contributed by atoms with Crippen LogP contribution in [0.1, 0.15) is 30.1 Å². The molecule has 0 aromatic heterocycles. The van der Waals surface area contributed by atoms with Gasteiger partial charge >= 0.3 is 5.97 Å². The summed E-state index contributed by atoms with van der Waals surface area (Å²) in [6.45, 7) is 1.74. The molecule has 0 aliphatic heterocycles. The van der Waals surface area contributed by atoms with E-state index in [2.05, 4.69) is 21.2 Å². The normalized spacial score (nSPS) is 12.0. The third kappa shape index (κ3) is 3.99. The average Bonchev–Trinajstić information content (AvgIpc) is 2.26. The van der Waals surface area contributed by atoms with Crippen LogP contribution >= 0.6 is 15.9 Å². The van der Waals surface area contributed by atoms with Gasteiger partial charge in [0.2, 0.25) is 0 Å². The van der Waals surface area contributed by atoms with E-state index >= 15 is 0 Å². The number of benzene rings is 1. The lowest BCUT2D eigenvalue weighted by Crippen LogP contribution is -2.41. The average molecular weight is 336 g/mol. The van der Waals surface area contributed by atoms with E-state index in [1.165, 1.54) is 0 Å². The first-order valence-corrected chi connectivity index (χ1v) is 6.34. The maximum Gasteiger partial charge on any atom is 0.326 e. The van der Waals surface area contributed by atoms with Crippen LogP contribution in [0.2, 0.25) is 0 Å². The maximum atomic E-state index is 13.5. The van der Waals surface area contributed by atoms with E-state index < -0.39 is 35.1 Å². The zero-order chi connectivity index (χ0) is 14.6. The molecule has 4 nitrogen and oxygen atoms in total. The quantitative estimate of drug-likeness (QED) is 0.869. The molecule has 19 heavy (non-hydrogen) atoms. The number of aliphatic carboxylic acids is 1. The molecule has 0 heterocycles. The van der Waals surface area contributed by atoms with Crippen molar-refractivity contribution in [2.45, 2.75) is 25.8 Å². The van der Waals surface area contributed by atoms with Crippen LogP contribution in [0.5, 0.6) is 0 Å². The van der Waals surface area contributed by atoms with Crippen molar-refractivity contribution in [3.8, 4) is 0 Å². The number of rotatable bonds is 5. The Kier molecular flexibility index (Phi) is 5.41. The van der Waals surface area contributed by atoms with Gasteiger partial charge in [-0.15, -0.1) is 0 Å². The van der Waals surface area contributed by atoms with Crippen LogP contribution in [-0.2, 0) is 4.79 Å². The fourth-order valence-corrected chi connectivity index (χ4v) is 1.94.